The molecule has 1 aliphatic heterocycles. The molecule has 0 bridgehead atoms. The molecule has 1 atom stereocenters. The summed E-state index contributed by atoms with van der Waals surface area (Å²) in [6.45, 7) is 5.27. The highest BCUT2D eigenvalue weighted by Crippen LogP contribution is 2.34. The van der Waals surface area contributed by atoms with Crippen LogP contribution >= 0.6 is 0 Å². The van der Waals surface area contributed by atoms with Crippen LogP contribution in [-0.2, 0) is 6.54 Å². The second kappa shape index (κ2) is 14.1. The molecule has 0 saturated carbocycles. The predicted octanol–water partition coefficient (Wildman–Crippen LogP) is 8.05. The monoisotopic (exact) mass is 592 g/mol. The average Bonchev–Trinajstić information content (AvgIpc) is 3.31. The third-order valence-corrected chi connectivity index (χ3v) is 9.07. The number of hydrogen-bond acceptors (Lipinski definition) is 7. The van der Waals surface area contributed by atoms with Gasteiger partial charge in [-0.15, -0.1) is 10.2 Å². The Morgan fingerprint density at radius 3 is 2.25 bits per heavy atom. The molecule has 0 spiro atoms. The number of rotatable bonds is 10. The van der Waals surface area contributed by atoms with Crippen LogP contribution in [0.2, 0.25) is 0 Å². The molecule has 1 saturated heterocycles. The average molecular weight is 593 g/mol. The highest BCUT2D eigenvalue weighted by Gasteiger charge is 2.22. The first-order valence-electron chi connectivity index (χ1n) is 16.0. The van der Waals surface area contributed by atoms with Crippen LogP contribution in [0.25, 0.3) is 22.0 Å². The van der Waals surface area contributed by atoms with E-state index in [1.165, 1.54) is 5.56 Å². The lowest BCUT2D eigenvalue weighted by Crippen LogP contribution is -2.38. The van der Waals surface area contributed by atoms with Crippen molar-refractivity contribution in [2.24, 2.45) is 0 Å². The molecular weight excluding hydrogens is 548 g/mol. The van der Waals surface area contributed by atoms with Crippen LogP contribution in [0.15, 0.2) is 78.4 Å². The molecule has 7 heteroatoms. The SMILES string of the molecule is CCC1=CCCC(Oc2ccc(CN3CCC(Nc4nnc(-c5ccc(OC)cc5)c5ccc(OC)cc45)CC3)cc2)CC1. The quantitative estimate of drug-likeness (QED) is 0.187. The van der Waals surface area contributed by atoms with Gasteiger partial charge in [0.05, 0.1) is 20.3 Å². The Hall–Kier alpha value is -4.10. The molecule has 0 radical (unpaired) electrons. The molecule has 6 rings (SSSR count). The van der Waals surface area contributed by atoms with Crippen molar-refractivity contribution in [2.75, 3.05) is 32.6 Å². The van der Waals surface area contributed by atoms with E-state index in [-0.39, 0.29) is 0 Å². The van der Waals surface area contributed by atoms with E-state index in [0.29, 0.717) is 12.1 Å². The summed E-state index contributed by atoms with van der Waals surface area (Å²) < 4.78 is 17.2. The summed E-state index contributed by atoms with van der Waals surface area (Å²) >= 11 is 0. The van der Waals surface area contributed by atoms with E-state index in [0.717, 1.165) is 110 Å². The van der Waals surface area contributed by atoms with Crippen molar-refractivity contribution in [2.45, 2.75) is 70.6 Å². The van der Waals surface area contributed by atoms with Crippen LogP contribution in [0.5, 0.6) is 17.2 Å². The number of nitrogens with zero attached hydrogens (tertiary/aromatic N) is 3. The molecule has 7 nitrogen and oxygen atoms in total. The van der Waals surface area contributed by atoms with E-state index in [1.54, 1.807) is 19.8 Å². The number of aromatic nitrogens is 2. The van der Waals surface area contributed by atoms with Gasteiger partial charge in [0.1, 0.15) is 22.9 Å². The zero-order chi connectivity index (χ0) is 30.3. The summed E-state index contributed by atoms with van der Waals surface area (Å²) in [4.78, 5) is 2.54. The van der Waals surface area contributed by atoms with Gasteiger partial charge in [0.2, 0.25) is 0 Å². The lowest BCUT2D eigenvalue weighted by atomic mass is 10.0. The van der Waals surface area contributed by atoms with Gasteiger partial charge in [0.15, 0.2) is 5.82 Å². The highest BCUT2D eigenvalue weighted by molar-refractivity contribution is 6.00. The van der Waals surface area contributed by atoms with E-state index < -0.39 is 0 Å². The molecule has 1 fully saturated rings. The van der Waals surface area contributed by atoms with Gasteiger partial charge in [-0.25, -0.2) is 0 Å². The first-order valence-corrected chi connectivity index (χ1v) is 16.0. The third kappa shape index (κ3) is 7.16. The summed E-state index contributed by atoms with van der Waals surface area (Å²) in [5.74, 6) is 3.42. The topological polar surface area (TPSA) is 68.7 Å². The van der Waals surface area contributed by atoms with Gasteiger partial charge >= 0.3 is 0 Å². The van der Waals surface area contributed by atoms with Crippen LogP contribution in [0.4, 0.5) is 5.82 Å². The minimum absolute atomic E-state index is 0.314. The number of nitrogens with one attached hydrogen (secondary N) is 1. The van der Waals surface area contributed by atoms with Gasteiger partial charge in [-0.05, 0) is 105 Å². The molecule has 1 N–H and O–H groups in total. The van der Waals surface area contributed by atoms with Gasteiger partial charge in [-0.1, -0.05) is 30.7 Å². The summed E-state index contributed by atoms with van der Waals surface area (Å²) in [6, 6.07) is 23.1. The number of hydrogen-bond donors (Lipinski definition) is 1. The summed E-state index contributed by atoms with van der Waals surface area (Å²) in [6.07, 6.45) is 10.5. The number of likely N-dealkylation sites (tertiary alicyclic amines) is 1. The number of fused-ring (bicyclic) bond motifs is 1. The van der Waals surface area contributed by atoms with Crippen LogP contribution in [0.3, 0.4) is 0 Å². The number of benzene rings is 3. The fourth-order valence-corrected chi connectivity index (χ4v) is 6.39. The van der Waals surface area contributed by atoms with Gasteiger partial charge in [-0.3, -0.25) is 4.90 Å². The number of ether oxygens (including phenoxy) is 3. The van der Waals surface area contributed by atoms with Crippen molar-refractivity contribution >= 4 is 16.6 Å². The minimum atomic E-state index is 0.314. The smallest absolute Gasteiger partial charge is 0.156 e. The molecule has 4 aromatic rings. The fraction of sp³-hybridized carbons (Fsp3) is 0.405. The minimum Gasteiger partial charge on any atom is -0.497 e. The summed E-state index contributed by atoms with van der Waals surface area (Å²) in [7, 11) is 3.37. The second-order valence-corrected chi connectivity index (χ2v) is 11.9. The van der Waals surface area contributed by atoms with E-state index in [1.807, 2.05) is 30.3 Å². The Bertz CT molecular complexity index is 1560. The van der Waals surface area contributed by atoms with Crippen molar-refractivity contribution < 1.29 is 14.2 Å². The zero-order valence-electron chi connectivity index (χ0n) is 26.2. The summed E-state index contributed by atoms with van der Waals surface area (Å²) in [5, 5.41) is 15.1. The molecule has 230 valence electrons. The van der Waals surface area contributed by atoms with E-state index in [4.69, 9.17) is 14.2 Å². The number of piperidine rings is 1. The van der Waals surface area contributed by atoms with E-state index in [2.05, 4.69) is 69.8 Å². The molecule has 44 heavy (non-hydrogen) atoms. The molecular formula is C37H44N4O3. The molecule has 1 aromatic heterocycles. The Labute approximate surface area is 261 Å². The Kier molecular flexibility index (Phi) is 9.61. The van der Waals surface area contributed by atoms with Crippen LogP contribution in [0, 0.1) is 0 Å². The van der Waals surface area contributed by atoms with Crippen molar-refractivity contribution in [3.63, 3.8) is 0 Å². The Morgan fingerprint density at radius 2 is 1.52 bits per heavy atom. The maximum Gasteiger partial charge on any atom is 0.156 e. The zero-order valence-corrected chi connectivity index (χ0v) is 26.2. The lowest BCUT2D eigenvalue weighted by molar-refractivity contribution is 0.184. The second-order valence-electron chi connectivity index (χ2n) is 11.9. The standard InChI is InChI=1S/C37H44N4O3/c1-4-26-6-5-7-31(13-8-26)44-32-14-9-27(10-15-32)25-41-22-20-29(21-23-41)38-37-35-24-33(43-3)18-19-34(35)36(39-40-37)28-11-16-30(42-2)17-12-28/h6,9-12,14-19,24,29,31H,4-5,7-8,13,20-23,25H2,1-3H3,(H,38,40). The van der Waals surface area contributed by atoms with Crippen molar-refractivity contribution in [1.82, 2.24) is 15.1 Å². The number of anilines is 1. The first kappa shape index (κ1) is 29.9. The molecule has 1 aliphatic carbocycles. The Balaban J connectivity index is 1.06. The fourth-order valence-electron chi connectivity index (χ4n) is 6.39. The van der Waals surface area contributed by atoms with Crippen molar-refractivity contribution in [1.29, 1.82) is 0 Å². The van der Waals surface area contributed by atoms with Gasteiger partial charge in [0, 0.05) is 42.0 Å². The van der Waals surface area contributed by atoms with E-state index >= 15 is 0 Å². The lowest BCUT2D eigenvalue weighted by Gasteiger charge is -2.32. The van der Waals surface area contributed by atoms with Crippen molar-refractivity contribution in [3.05, 3.63) is 83.9 Å². The first-order chi connectivity index (χ1) is 21.6. The predicted molar refractivity (Wildman–Crippen MR) is 178 cm³/mol. The van der Waals surface area contributed by atoms with Gasteiger partial charge < -0.3 is 19.5 Å². The van der Waals surface area contributed by atoms with Gasteiger partial charge in [0.25, 0.3) is 0 Å². The van der Waals surface area contributed by atoms with Crippen LogP contribution in [-0.4, -0.2) is 54.6 Å². The van der Waals surface area contributed by atoms with E-state index in [9.17, 15) is 0 Å². The van der Waals surface area contributed by atoms with Gasteiger partial charge in [-0.2, -0.15) is 0 Å². The third-order valence-electron chi connectivity index (χ3n) is 9.07. The molecule has 2 heterocycles. The largest absolute Gasteiger partial charge is 0.497 e. The molecule has 0 amide bonds. The Morgan fingerprint density at radius 1 is 0.795 bits per heavy atom. The van der Waals surface area contributed by atoms with Crippen molar-refractivity contribution in [3.8, 4) is 28.5 Å². The normalized spacial score (nSPS) is 18.0. The highest BCUT2D eigenvalue weighted by atomic mass is 16.5. The molecule has 1 unspecified atom stereocenters. The number of allylic oxidation sites excluding steroid dienone is 2. The maximum atomic E-state index is 6.35. The maximum absolute atomic E-state index is 6.35. The molecule has 2 aliphatic rings. The molecule has 3 aromatic carbocycles. The number of methoxy groups -OCH3 is 2. The van der Waals surface area contributed by atoms with Crippen LogP contribution < -0.4 is 19.5 Å². The summed E-state index contributed by atoms with van der Waals surface area (Å²) in [5.41, 5.74) is 4.76. The van der Waals surface area contributed by atoms with Crippen LogP contribution in [0.1, 0.15) is 57.4 Å².